The molecule has 1 aliphatic carbocycles. The van der Waals surface area contributed by atoms with Gasteiger partial charge in [-0.3, -0.25) is 9.59 Å². The number of amides is 2. The van der Waals surface area contributed by atoms with Gasteiger partial charge in [0.2, 0.25) is 11.8 Å². The second-order valence-electron chi connectivity index (χ2n) is 6.72. The van der Waals surface area contributed by atoms with Crippen LogP contribution in [0.5, 0.6) is 0 Å². The van der Waals surface area contributed by atoms with Crippen molar-refractivity contribution in [2.75, 3.05) is 6.54 Å². The van der Waals surface area contributed by atoms with Crippen molar-refractivity contribution in [1.82, 2.24) is 10.6 Å². The zero-order valence-electron chi connectivity index (χ0n) is 14.7. The van der Waals surface area contributed by atoms with Crippen LogP contribution < -0.4 is 10.6 Å². The van der Waals surface area contributed by atoms with Crippen molar-refractivity contribution < 1.29 is 14.0 Å². The quantitative estimate of drug-likeness (QED) is 0.803. The van der Waals surface area contributed by atoms with E-state index in [0.29, 0.717) is 24.9 Å². The van der Waals surface area contributed by atoms with Crippen LogP contribution in [0.1, 0.15) is 30.5 Å². The molecule has 1 aliphatic rings. The first-order chi connectivity index (χ1) is 12.6. The summed E-state index contributed by atoms with van der Waals surface area (Å²) in [5.41, 5.74) is 1.61. The molecule has 3 unspecified atom stereocenters. The van der Waals surface area contributed by atoms with E-state index in [1.807, 2.05) is 37.3 Å². The lowest BCUT2D eigenvalue weighted by molar-refractivity contribution is -0.127. The normalized spacial score (nSPS) is 19.5. The van der Waals surface area contributed by atoms with Gasteiger partial charge in [0, 0.05) is 6.54 Å². The Morgan fingerprint density at radius 1 is 1.04 bits per heavy atom. The molecule has 4 nitrogen and oxygen atoms in total. The van der Waals surface area contributed by atoms with Crippen LogP contribution >= 0.6 is 0 Å². The molecule has 2 N–H and O–H groups in total. The molecule has 0 radical (unpaired) electrons. The first-order valence-electron chi connectivity index (χ1n) is 8.92. The maximum Gasteiger partial charge on any atom is 0.224 e. The Labute approximate surface area is 152 Å². The topological polar surface area (TPSA) is 58.2 Å². The second kappa shape index (κ2) is 8.13. The van der Waals surface area contributed by atoms with Crippen LogP contribution in [0.4, 0.5) is 4.39 Å². The van der Waals surface area contributed by atoms with Crippen LogP contribution in [-0.4, -0.2) is 18.4 Å². The van der Waals surface area contributed by atoms with Gasteiger partial charge in [0.25, 0.3) is 0 Å². The molecule has 1 saturated carbocycles. The Morgan fingerprint density at radius 3 is 2.42 bits per heavy atom. The fourth-order valence-corrected chi connectivity index (χ4v) is 3.07. The molecule has 3 rings (SSSR count). The van der Waals surface area contributed by atoms with Crippen molar-refractivity contribution in [2.24, 2.45) is 11.8 Å². The van der Waals surface area contributed by atoms with Crippen molar-refractivity contribution in [1.29, 1.82) is 0 Å². The fourth-order valence-electron chi connectivity index (χ4n) is 3.07. The first kappa shape index (κ1) is 18.1. The Balaban J connectivity index is 1.42. The summed E-state index contributed by atoms with van der Waals surface area (Å²) >= 11 is 0. The molecule has 136 valence electrons. The third-order valence-corrected chi connectivity index (χ3v) is 4.77. The van der Waals surface area contributed by atoms with Gasteiger partial charge in [0.05, 0.1) is 17.9 Å². The number of hydrogen-bond acceptors (Lipinski definition) is 2. The third kappa shape index (κ3) is 4.48. The molecule has 0 heterocycles. The average Bonchev–Trinajstić information content (AvgIpc) is 3.45. The van der Waals surface area contributed by atoms with Crippen molar-refractivity contribution in [3.05, 3.63) is 71.5 Å². The number of rotatable bonds is 7. The van der Waals surface area contributed by atoms with Crippen LogP contribution in [0.3, 0.4) is 0 Å². The highest BCUT2D eigenvalue weighted by atomic mass is 19.1. The van der Waals surface area contributed by atoms with Crippen LogP contribution in [-0.2, 0) is 16.0 Å². The fraction of sp³-hybridized carbons (Fsp3) is 0.333. The number of nitrogens with one attached hydrogen (secondary N) is 2. The van der Waals surface area contributed by atoms with Crippen LogP contribution in [0.25, 0.3) is 0 Å². The van der Waals surface area contributed by atoms with E-state index in [1.165, 1.54) is 6.07 Å². The Morgan fingerprint density at radius 2 is 1.69 bits per heavy atom. The zero-order chi connectivity index (χ0) is 18.5. The van der Waals surface area contributed by atoms with Crippen molar-refractivity contribution in [2.45, 2.75) is 25.8 Å². The lowest BCUT2D eigenvalue weighted by Crippen LogP contribution is -2.32. The van der Waals surface area contributed by atoms with E-state index in [1.54, 1.807) is 18.2 Å². The summed E-state index contributed by atoms with van der Waals surface area (Å²) in [6, 6.07) is 16.2. The molecule has 5 heteroatoms. The minimum absolute atomic E-state index is 0.0874. The highest BCUT2D eigenvalue weighted by molar-refractivity contribution is 5.92. The van der Waals surface area contributed by atoms with Gasteiger partial charge in [0.15, 0.2) is 0 Å². The summed E-state index contributed by atoms with van der Waals surface area (Å²) in [6.07, 6.45) is 1.01. The Bertz CT molecular complexity index is 779. The third-order valence-electron chi connectivity index (χ3n) is 4.77. The molecule has 0 bridgehead atoms. The summed E-state index contributed by atoms with van der Waals surface area (Å²) in [7, 11) is 0. The number of hydrogen-bond donors (Lipinski definition) is 2. The monoisotopic (exact) mass is 354 g/mol. The van der Waals surface area contributed by atoms with E-state index in [-0.39, 0.29) is 35.5 Å². The van der Waals surface area contributed by atoms with E-state index >= 15 is 0 Å². The smallest absolute Gasteiger partial charge is 0.224 e. The van der Waals surface area contributed by atoms with Gasteiger partial charge in [-0.1, -0.05) is 48.5 Å². The molecule has 0 aliphatic heterocycles. The van der Waals surface area contributed by atoms with E-state index < -0.39 is 0 Å². The van der Waals surface area contributed by atoms with Crippen LogP contribution in [0, 0.1) is 17.7 Å². The summed E-state index contributed by atoms with van der Waals surface area (Å²) in [6.45, 7) is 2.30. The van der Waals surface area contributed by atoms with Crippen molar-refractivity contribution in [3.63, 3.8) is 0 Å². The van der Waals surface area contributed by atoms with E-state index in [0.717, 1.165) is 5.56 Å². The van der Waals surface area contributed by atoms with Crippen LogP contribution in [0.2, 0.25) is 0 Å². The van der Waals surface area contributed by atoms with Gasteiger partial charge in [-0.25, -0.2) is 4.39 Å². The largest absolute Gasteiger partial charge is 0.356 e. The lowest BCUT2D eigenvalue weighted by atomic mass is 10.1. The van der Waals surface area contributed by atoms with Gasteiger partial charge in [-0.2, -0.15) is 0 Å². The predicted octanol–water partition coefficient (Wildman–Crippen LogP) is 3.00. The van der Waals surface area contributed by atoms with Gasteiger partial charge in [0.1, 0.15) is 5.82 Å². The molecular weight excluding hydrogens is 331 g/mol. The van der Waals surface area contributed by atoms with Crippen molar-refractivity contribution in [3.8, 4) is 0 Å². The molecule has 2 aromatic rings. The molecule has 3 atom stereocenters. The van der Waals surface area contributed by atoms with Crippen LogP contribution in [0.15, 0.2) is 54.6 Å². The first-order valence-corrected chi connectivity index (χ1v) is 8.92. The Kier molecular flexibility index (Phi) is 5.66. The molecule has 0 saturated heterocycles. The van der Waals surface area contributed by atoms with E-state index in [9.17, 15) is 14.0 Å². The maximum absolute atomic E-state index is 13.5. The molecule has 0 spiro atoms. The molecule has 0 aromatic heterocycles. The average molecular weight is 354 g/mol. The van der Waals surface area contributed by atoms with Gasteiger partial charge in [-0.05, 0) is 37.0 Å². The standard InChI is InChI=1S/C21H23FN2O2/c1-14(15-7-3-2-4-8-15)24-21(26)18-13-17(18)20(25)23-12-11-16-9-5-6-10-19(16)22/h2-10,14,17-18H,11-13H2,1H3,(H,23,25)(H,24,26). The SMILES string of the molecule is CC(NC(=O)C1CC1C(=O)NCCc1ccccc1F)c1ccccc1. The minimum atomic E-state index is -0.279. The second-order valence-corrected chi connectivity index (χ2v) is 6.72. The number of carbonyl (C=O) groups excluding carboxylic acids is 2. The highest BCUT2D eigenvalue weighted by Crippen LogP contribution is 2.39. The maximum atomic E-state index is 13.5. The summed E-state index contributed by atoms with van der Waals surface area (Å²) in [5.74, 6) is -1.03. The van der Waals surface area contributed by atoms with Crippen molar-refractivity contribution >= 4 is 11.8 Å². The van der Waals surface area contributed by atoms with E-state index in [4.69, 9.17) is 0 Å². The molecule has 1 fully saturated rings. The summed E-state index contributed by atoms with van der Waals surface area (Å²) < 4.78 is 13.5. The molecule has 26 heavy (non-hydrogen) atoms. The molecule has 2 aromatic carbocycles. The van der Waals surface area contributed by atoms with Gasteiger partial charge >= 0.3 is 0 Å². The molecular formula is C21H23FN2O2. The molecule has 2 amide bonds. The predicted molar refractivity (Wildman–Crippen MR) is 97.7 cm³/mol. The minimum Gasteiger partial charge on any atom is -0.356 e. The number of benzene rings is 2. The lowest BCUT2D eigenvalue weighted by Gasteiger charge is -2.14. The van der Waals surface area contributed by atoms with Gasteiger partial charge in [-0.15, -0.1) is 0 Å². The summed E-state index contributed by atoms with van der Waals surface area (Å²) in [5, 5.41) is 5.77. The number of halogens is 1. The van der Waals surface area contributed by atoms with E-state index in [2.05, 4.69) is 10.6 Å². The highest BCUT2D eigenvalue weighted by Gasteiger charge is 2.48. The zero-order valence-corrected chi connectivity index (χ0v) is 14.7. The van der Waals surface area contributed by atoms with Gasteiger partial charge < -0.3 is 10.6 Å². The summed E-state index contributed by atoms with van der Waals surface area (Å²) in [4.78, 5) is 24.5. The Hall–Kier alpha value is -2.69. The number of carbonyl (C=O) groups is 2.